The van der Waals surface area contributed by atoms with E-state index in [1.165, 1.54) is 34.9 Å². The predicted molar refractivity (Wildman–Crippen MR) is 80.0 cm³/mol. The lowest BCUT2D eigenvalue weighted by atomic mass is 10.1. The third kappa shape index (κ3) is 1.99. The van der Waals surface area contributed by atoms with Crippen molar-refractivity contribution in [1.29, 1.82) is 0 Å². The van der Waals surface area contributed by atoms with Crippen LogP contribution in [0.15, 0.2) is 22.8 Å². The standard InChI is InChI=1S/C16H22N4/c1-11-4-5-18-16-14(13(10-19-16)12-2-3-12)15(11)20-8-6-17-7-9-20/h4,10,12,17H,2-3,5-9H2,1H3,(H,18,19). The Morgan fingerprint density at radius 2 is 2.05 bits per heavy atom. The minimum Gasteiger partial charge on any atom is -0.368 e. The first-order valence-corrected chi connectivity index (χ1v) is 7.73. The van der Waals surface area contributed by atoms with Gasteiger partial charge in [-0.3, -0.25) is 4.99 Å². The number of H-pyrrole nitrogens is 1. The van der Waals surface area contributed by atoms with Crippen LogP contribution < -0.4 is 16.0 Å². The van der Waals surface area contributed by atoms with E-state index in [1.54, 1.807) is 0 Å². The molecule has 0 spiro atoms. The summed E-state index contributed by atoms with van der Waals surface area (Å²) in [6, 6.07) is 0. The van der Waals surface area contributed by atoms with E-state index in [0.29, 0.717) is 0 Å². The smallest absolute Gasteiger partial charge is 0.135 e. The number of rotatable bonds is 2. The third-order valence-corrected chi connectivity index (χ3v) is 4.60. The van der Waals surface area contributed by atoms with Gasteiger partial charge in [-0.1, -0.05) is 6.08 Å². The van der Waals surface area contributed by atoms with Gasteiger partial charge >= 0.3 is 0 Å². The van der Waals surface area contributed by atoms with Gasteiger partial charge in [-0.2, -0.15) is 0 Å². The van der Waals surface area contributed by atoms with Crippen LogP contribution in [0.3, 0.4) is 0 Å². The van der Waals surface area contributed by atoms with Crippen molar-refractivity contribution in [2.75, 3.05) is 32.7 Å². The number of piperazine rings is 1. The molecule has 106 valence electrons. The zero-order chi connectivity index (χ0) is 13.5. The van der Waals surface area contributed by atoms with Crippen LogP contribution in [0, 0.1) is 0 Å². The molecule has 2 aliphatic heterocycles. The topological polar surface area (TPSA) is 43.4 Å². The molecule has 4 nitrogen and oxygen atoms in total. The summed E-state index contributed by atoms with van der Waals surface area (Å²) >= 11 is 0. The SMILES string of the molecule is CC1=CCN=c2[nH]cc(C3CC3)c2=C1N1CCNCC1. The number of fused-ring (bicyclic) bond motifs is 1. The number of hydrogen-bond acceptors (Lipinski definition) is 3. The van der Waals surface area contributed by atoms with Crippen LogP contribution in [0.25, 0.3) is 5.70 Å². The molecule has 0 radical (unpaired) electrons. The molecule has 0 bridgehead atoms. The van der Waals surface area contributed by atoms with Crippen molar-refractivity contribution in [3.8, 4) is 0 Å². The summed E-state index contributed by atoms with van der Waals surface area (Å²) in [7, 11) is 0. The summed E-state index contributed by atoms with van der Waals surface area (Å²) in [5.41, 5.74) is 5.39. The highest BCUT2D eigenvalue weighted by Crippen LogP contribution is 2.38. The Morgan fingerprint density at radius 1 is 1.25 bits per heavy atom. The second-order valence-corrected chi connectivity index (χ2v) is 6.06. The number of aromatic amines is 1. The molecular formula is C16H22N4. The van der Waals surface area contributed by atoms with Crippen molar-refractivity contribution in [1.82, 2.24) is 15.2 Å². The van der Waals surface area contributed by atoms with Gasteiger partial charge in [0.15, 0.2) is 0 Å². The maximum absolute atomic E-state index is 4.72. The maximum Gasteiger partial charge on any atom is 0.135 e. The van der Waals surface area contributed by atoms with Crippen LogP contribution in [0.4, 0.5) is 0 Å². The molecule has 1 saturated carbocycles. The van der Waals surface area contributed by atoms with Crippen molar-refractivity contribution < 1.29 is 0 Å². The maximum atomic E-state index is 4.72. The van der Waals surface area contributed by atoms with Gasteiger partial charge < -0.3 is 15.2 Å². The van der Waals surface area contributed by atoms with Gasteiger partial charge in [-0.25, -0.2) is 0 Å². The third-order valence-electron chi connectivity index (χ3n) is 4.60. The molecule has 0 atom stereocenters. The van der Waals surface area contributed by atoms with Crippen LogP contribution in [-0.4, -0.2) is 42.6 Å². The average Bonchev–Trinajstić information content (AvgIpc) is 3.26. The Bertz CT molecular complexity index is 657. The highest BCUT2D eigenvalue weighted by Gasteiger charge is 2.28. The molecule has 0 unspecified atom stereocenters. The highest BCUT2D eigenvalue weighted by molar-refractivity contribution is 5.63. The zero-order valence-electron chi connectivity index (χ0n) is 12.1. The van der Waals surface area contributed by atoms with Gasteiger partial charge in [-0.15, -0.1) is 0 Å². The molecule has 1 aromatic rings. The molecule has 4 rings (SSSR count). The average molecular weight is 270 g/mol. The monoisotopic (exact) mass is 270 g/mol. The highest BCUT2D eigenvalue weighted by atomic mass is 15.2. The van der Waals surface area contributed by atoms with E-state index in [1.807, 2.05) is 0 Å². The summed E-state index contributed by atoms with van der Waals surface area (Å²) < 4.78 is 0. The number of nitrogens with one attached hydrogen (secondary N) is 2. The fraction of sp³-hybridized carbons (Fsp3) is 0.562. The summed E-state index contributed by atoms with van der Waals surface area (Å²) in [5.74, 6) is 0.758. The van der Waals surface area contributed by atoms with E-state index in [9.17, 15) is 0 Å². The minimum atomic E-state index is 0.758. The van der Waals surface area contributed by atoms with E-state index in [2.05, 4.69) is 34.4 Å². The normalized spacial score (nSPS) is 22.9. The van der Waals surface area contributed by atoms with Crippen molar-refractivity contribution in [2.45, 2.75) is 25.7 Å². The van der Waals surface area contributed by atoms with Gasteiger partial charge in [0.05, 0.1) is 12.2 Å². The lowest BCUT2D eigenvalue weighted by molar-refractivity contribution is 0.338. The quantitative estimate of drug-likeness (QED) is 0.821. The molecule has 4 heteroatoms. The molecule has 1 aromatic heterocycles. The number of aromatic nitrogens is 1. The summed E-state index contributed by atoms with van der Waals surface area (Å²) in [4.78, 5) is 10.7. The largest absolute Gasteiger partial charge is 0.368 e. The zero-order valence-corrected chi connectivity index (χ0v) is 12.1. The molecular weight excluding hydrogens is 248 g/mol. The molecule has 3 aliphatic rings. The van der Waals surface area contributed by atoms with E-state index in [0.717, 1.165) is 44.1 Å². The van der Waals surface area contributed by atoms with E-state index in [4.69, 9.17) is 4.99 Å². The predicted octanol–water partition coefficient (Wildman–Crippen LogP) is 0.485. The first-order chi connectivity index (χ1) is 9.84. The lowest BCUT2D eigenvalue weighted by Crippen LogP contribution is -2.45. The molecule has 20 heavy (non-hydrogen) atoms. The first-order valence-electron chi connectivity index (χ1n) is 7.73. The molecule has 2 N–H and O–H groups in total. The Labute approximate surface area is 119 Å². The van der Waals surface area contributed by atoms with Crippen LogP contribution in [0.1, 0.15) is 31.2 Å². The lowest BCUT2D eigenvalue weighted by Gasteiger charge is -2.32. The van der Waals surface area contributed by atoms with Crippen molar-refractivity contribution in [3.05, 3.63) is 34.1 Å². The molecule has 3 heterocycles. The van der Waals surface area contributed by atoms with Crippen molar-refractivity contribution in [3.63, 3.8) is 0 Å². The minimum absolute atomic E-state index is 0.758. The number of hydrogen-bond donors (Lipinski definition) is 2. The van der Waals surface area contributed by atoms with Crippen LogP contribution in [0.2, 0.25) is 0 Å². The van der Waals surface area contributed by atoms with Gasteiger partial charge in [-0.05, 0) is 36.8 Å². The van der Waals surface area contributed by atoms with Crippen molar-refractivity contribution >= 4 is 5.70 Å². The molecule has 0 aromatic carbocycles. The van der Waals surface area contributed by atoms with Gasteiger partial charge in [0.1, 0.15) is 5.49 Å². The van der Waals surface area contributed by atoms with Crippen LogP contribution in [-0.2, 0) is 0 Å². The van der Waals surface area contributed by atoms with Gasteiger partial charge in [0.25, 0.3) is 0 Å². The van der Waals surface area contributed by atoms with E-state index >= 15 is 0 Å². The van der Waals surface area contributed by atoms with Crippen molar-refractivity contribution in [2.24, 2.45) is 4.99 Å². The molecule has 2 fully saturated rings. The summed E-state index contributed by atoms with van der Waals surface area (Å²) in [6.07, 6.45) is 7.14. The van der Waals surface area contributed by atoms with E-state index in [-0.39, 0.29) is 0 Å². The molecule has 1 saturated heterocycles. The summed E-state index contributed by atoms with van der Waals surface area (Å²) in [5, 5.41) is 4.84. The molecule has 1 aliphatic carbocycles. The van der Waals surface area contributed by atoms with E-state index < -0.39 is 0 Å². The summed E-state index contributed by atoms with van der Waals surface area (Å²) in [6.45, 7) is 7.37. The second-order valence-electron chi connectivity index (χ2n) is 6.06. The Balaban J connectivity index is 1.95. The van der Waals surface area contributed by atoms with Gasteiger partial charge in [0, 0.05) is 37.6 Å². The fourth-order valence-corrected chi connectivity index (χ4v) is 3.38. The Morgan fingerprint density at radius 3 is 2.80 bits per heavy atom. The second kappa shape index (κ2) is 4.77. The fourth-order valence-electron chi connectivity index (χ4n) is 3.38. The molecule has 0 amide bonds. The Kier molecular flexibility index (Phi) is 2.91. The Hall–Kier alpha value is -1.55. The first kappa shape index (κ1) is 12.2. The van der Waals surface area contributed by atoms with Crippen LogP contribution >= 0.6 is 0 Å². The van der Waals surface area contributed by atoms with Gasteiger partial charge in [0.2, 0.25) is 0 Å². The van der Waals surface area contributed by atoms with Crippen LogP contribution in [0.5, 0.6) is 0 Å². The number of nitrogens with zero attached hydrogens (tertiary/aromatic N) is 2.